The molecule has 6 rings (SSSR count). The molecule has 2 nitrogen and oxygen atoms in total. The van der Waals surface area contributed by atoms with Crippen molar-refractivity contribution in [2.45, 2.75) is 58.0 Å². The van der Waals surface area contributed by atoms with Crippen LogP contribution in [0.15, 0.2) is 30.3 Å². The Bertz CT molecular complexity index is 607. The summed E-state index contributed by atoms with van der Waals surface area (Å²) in [5.74, 6) is 3.88. The maximum atomic E-state index is 13.0. The van der Waals surface area contributed by atoms with E-state index in [2.05, 4.69) is 49.1 Å². The Balaban J connectivity index is 1.51. The molecular weight excluding hydrogens is 282 g/mol. The summed E-state index contributed by atoms with van der Waals surface area (Å²) in [5, 5.41) is 0. The van der Waals surface area contributed by atoms with Crippen molar-refractivity contribution in [2.75, 3.05) is 0 Å². The minimum atomic E-state index is -0.240. The van der Waals surface area contributed by atoms with Crippen molar-refractivity contribution < 1.29 is 4.79 Å². The molecule has 0 N–H and O–H groups in total. The average Bonchev–Trinajstić information content (AvgIpc) is 2.53. The molecule has 1 heterocycles. The van der Waals surface area contributed by atoms with Gasteiger partial charge in [-0.3, -0.25) is 4.79 Å². The first kappa shape index (κ1) is 14.1. The SMILES string of the molecule is CC1(C)C(=O)N(C2C3CC4CC(C3)CC2C4)C1c1ccccc1. The summed E-state index contributed by atoms with van der Waals surface area (Å²) in [6, 6.07) is 11.5. The number of benzene rings is 1. The van der Waals surface area contributed by atoms with Gasteiger partial charge in [-0.25, -0.2) is 0 Å². The van der Waals surface area contributed by atoms with Crippen molar-refractivity contribution in [3.63, 3.8) is 0 Å². The molecule has 0 radical (unpaired) electrons. The highest BCUT2D eigenvalue weighted by molar-refractivity contribution is 5.90. The molecule has 5 fully saturated rings. The normalized spacial score (nSPS) is 43.6. The summed E-state index contributed by atoms with van der Waals surface area (Å²) in [6.07, 6.45) is 6.99. The van der Waals surface area contributed by atoms with Gasteiger partial charge in [-0.05, 0) is 75.2 Å². The molecule has 0 spiro atoms. The molecule has 4 aliphatic carbocycles. The molecule has 4 saturated carbocycles. The van der Waals surface area contributed by atoms with Crippen molar-refractivity contribution >= 4 is 5.91 Å². The van der Waals surface area contributed by atoms with Crippen LogP contribution in [0.1, 0.15) is 57.6 Å². The third-order valence-corrected chi connectivity index (χ3v) is 7.36. The van der Waals surface area contributed by atoms with Crippen molar-refractivity contribution in [3.8, 4) is 0 Å². The molecule has 1 aromatic rings. The molecule has 1 aliphatic heterocycles. The monoisotopic (exact) mass is 309 g/mol. The Labute approximate surface area is 139 Å². The van der Waals surface area contributed by atoms with Gasteiger partial charge in [0.15, 0.2) is 0 Å². The van der Waals surface area contributed by atoms with E-state index in [0.29, 0.717) is 11.9 Å². The molecule has 2 heteroatoms. The topological polar surface area (TPSA) is 20.3 Å². The first-order valence-electron chi connectivity index (χ1n) is 9.43. The number of amides is 1. The van der Waals surface area contributed by atoms with Crippen LogP contribution in [0.5, 0.6) is 0 Å². The fourth-order valence-corrected chi connectivity index (χ4v) is 6.72. The van der Waals surface area contributed by atoms with E-state index >= 15 is 0 Å². The van der Waals surface area contributed by atoms with Gasteiger partial charge in [-0.2, -0.15) is 0 Å². The molecule has 1 aromatic carbocycles. The van der Waals surface area contributed by atoms with E-state index in [-0.39, 0.29) is 11.5 Å². The summed E-state index contributed by atoms with van der Waals surface area (Å²) in [5.41, 5.74) is 1.08. The molecule has 4 bridgehead atoms. The summed E-state index contributed by atoms with van der Waals surface area (Å²) >= 11 is 0. The summed E-state index contributed by atoms with van der Waals surface area (Å²) in [6.45, 7) is 4.28. The Hall–Kier alpha value is -1.31. The summed E-state index contributed by atoms with van der Waals surface area (Å²) < 4.78 is 0. The molecule has 122 valence electrons. The van der Waals surface area contributed by atoms with Crippen LogP contribution in [0.3, 0.4) is 0 Å². The van der Waals surface area contributed by atoms with Crippen molar-refractivity contribution in [1.82, 2.24) is 4.90 Å². The lowest BCUT2D eigenvalue weighted by atomic mass is 9.52. The summed E-state index contributed by atoms with van der Waals surface area (Å²) in [7, 11) is 0. The van der Waals surface area contributed by atoms with Crippen molar-refractivity contribution in [3.05, 3.63) is 35.9 Å². The minimum absolute atomic E-state index is 0.240. The second kappa shape index (κ2) is 4.62. The third kappa shape index (κ3) is 1.84. The van der Waals surface area contributed by atoms with Gasteiger partial charge in [-0.1, -0.05) is 30.3 Å². The van der Waals surface area contributed by atoms with E-state index < -0.39 is 0 Å². The van der Waals surface area contributed by atoms with Gasteiger partial charge in [0.05, 0.1) is 11.5 Å². The predicted molar refractivity (Wildman–Crippen MR) is 90.6 cm³/mol. The van der Waals surface area contributed by atoms with Gasteiger partial charge in [-0.15, -0.1) is 0 Å². The maximum absolute atomic E-state index is 13.0. The molecule has 1 unspecified atom stereocenters. The van der Waals surface area contributed by atoms with Crippen molar-refractivity contribution in [1.29, 1.82) is 0 Å². The quantitative estimate of drug-likeness (QED) is 0.741. The number of β-lactam (4-membered cyclic amide) rings is 1. The standard InChI is InChI=1S/C21H27NO/c1-21(2)19(15-6-4-3-5-7-15)22(20(21)23)18-16-9-13-8-14(11-16)12-17(18)10-13/h3-7,13-14,16-19H,8-12H2,1-2H3. The predicted octanol–water partition coefficient (Wildman–Crippen LogP) is 4.42. The Morgan fingerprint density at radius 2 is 1.48 bits per heavy atom. The van der Waals surface area contributed by atoms with Crippen LogP contribution in [0.25, 0.3) is 0 Å². The number of nitrogens with zero attached hydrogens (tertiary/aromatic N) is 1. The lowest BCUT2D eigenvalue weighted by Gasteiger charge is -2.64. The zero-order valence-corrected chi connectivity index (χ0v) is 14.2. The Morgan fingerprint density at radius 3 is 2.04 bits per heavy atom. The zero-order valence-electron chi connectivity index (χ0n) is 14.2. The highest BCUT2D eigenvalue weighted by Crippen LogP contribution is 2.60. The first-order valence-corrected chi connectivity index (χ1v) is 9.43. The maximum Gasteiger partial charge on any atom is 0.231 e. The zero-order chi connectivity index (χ0) is 15.8. The van der Waals surface area contributed by atoms with Gasteiger partial charge in [0.25, 0.3) is 0 Å². The van der Waals surface area contributed by atoms with Crippen LogP contribution < -0.4 is 0 Å². The lowest BCUT2D eigenvalue weighted by molar-refractivity contribution is -0.191. The van der Waals surface area contributed by atoms with Crippen LogP contribution in [0.4, 0.5) is 0 Å². The second-order valence-electron chi connectivity index (χ2n) is 9.17. The van der Waals surface area contributed by atoms with E-state index in [1.807, 2.05) is 0 Å². The van der Waals surface area contributed by atoms with E-state index in [1.54, 1.807) is 0 Å². The first-order chi connectivity index (χ1) is 11.1. The fourth-order valence-electron chi connectivity index (χ4n) is 6.72. The number of hydrogen-bond acceptors (Lipinski definition) is 1. The minimum Gasteiger partial charge on any atom is -0.331 e. The second-order valence-corrected chi connectivity index (χ2v) is 9.17. The van der Waals surface area contributed by atoms with E-state index in [1.165, 1.54) is 37.7 Å². The van der Waals surface area contributed by atoms with Gasteiger partial charge in [0.1, 0.15) is 0 Å². The fraction of sp³-hybridized carbons (Fsp3) is 0.667. The Morgan fingerprint density at radius 1 is 0.913 bits per heavy atom. The van der Waals surface area contributed by atoms with Crippen LogP contribution in [-0.4, -0.2) is 16.8 Å². The molecule has 0 aromatic heterocycles. The number of carbonyl (C=O) groups is 1. The van der Waals surface area contributed by atoms with Crippen LogP contribution in [0, 0.1) is 29.1 Å². The van der Waals surface area contributed by atoms with Gasteiger partial charge in [0, 0.05) is 6.04 Å². The third-order valence-electron chi connectivity index (χ3n) is 7.36. The van der Waals surface area contributed by atoms with Crippen molar-refractivity contribution in [2.24, 2.45) is 29.1 Å². The van der Waals surface area contributed by atoms with Crippen LogP contribution >= 0.6 is 0 Å². The lowest BCUT2D eigenvalue weighted by Crippen LogP contribution is -2.69. The van der Waals surface area contributed by atoms with Gasteiger partial charge in [0.2, 0.25) is 5.91 Å². The van der Waals surface area contributed by atoms with E-state index in [0.717, 1.165) is 23.7 Å². The van der Waals surface area contributed by atoms with E-state index in [9.17, 15) is 4.79 Å². The van der Waals surface area contributed by atoms with Crippen LogP contribution in [-0.2, 0) is 4.79 Å². The molecule has 5 aliphatic rings. The van der Waals surface area contributed by atoms with E-state index in [4.69, 9.17) is 0 Å². The largest absolute Gasteiger partial charge is 0.331 e. The molecule has 1 atom stereocenters. The smallest absolute Gasteiger partial charge is 0.231 e. The number of hydrogen-bond donors (Lipinski definition) is 0. The number of carbonyl (C=O) groups excluding carboxylic acids is 1. The molecule has 1 saturated heterocycles. The molecule has 1 amide bonds. The number of rotatable bonds is 2. The highest BCUT2D eigenvalue weighted by atomic mass is 16.2. The summed E-state index contributed by atoms with van der Waals surface area (Å²) in [4.78, 5) is 15.3. The molecular formula is C21H27NO. The van der Waals surface area contributed by atoms with Gasteiger partial charge < -0.3 is 4.90 Å². The average molecular weight is 309 g/mol. The van der Waals surface area contributed by atoms with Gasteiger partial charge >= 0.3 is 0 Å². The highest BCUT2D eigenvalue weighted by Gasteiger charge is 2.61. The number of likely N-dealkylation sites (tertiary alicyclic amines) is 1. The van der Waals surface area contributed by atoms with Crippen LogP contribution in [0.2, 0.25) is 0 Å². The Kier molecular flexibility index (Phi) is 2.82. The molecule has 23 heavy (non-hydrogen) atoms.